The Morgan fingerprint density at radius 3 is 2.23 bits per heavy atom. The van der Waals surface area contributed by atoms with Crippen LogP contribution >= 0.6 is 0 Å². The highest BCUT2D eigenvalue weighted by atomic mass is 19.3. The summed E-state index contributed by atoms with van der Waals surface area (Å²) < 4.78 is 45.1. The van der Waals surface area contributed by atoms with Crippen molar-refractivity contribution in [1.82, 2.24) is 0 Å². The number of carbonyl (C=O) groups excluding carboxylic acids is 1. The minimum atomic E-state index is -3.14. The molecule has 0 radical (unpaired) electrons. The molecular formula is C25H22F2O4. The van der Waals surface area contributed by atoms with Gasteiger partial charge in [0.05, 0.1) is 6.61 Å². The predicted octanol–water partition coefficient (Wildman–Crippen LogP) is 5.90. The summed E-state index contributed by atoms with van der Waals surface area (Å²) in [6.07, 6.45) is -0.566. The molecule has 0 spiro atoms. The molecule has 1 fully saturated rings. The van der Waals surface area contributed by atoms with Crippen molar-refractivity contribution in [2.75, 3.05) is 6.61 Å². The molecule has 4 nitrogen and oxygen atoms in total. The largest absolute Gasteiger partial charge is 0.494 e. The van der Waals surface area contributed by atoms with E-state index in [0.29, 0.717) is 29.4 Å². The molecule has 3 aromatic carbocycles. The summed E-state index contributed by atoms with van der Waals surface area (Å²) in [5.41, 5.74) is -1.07. The first-order chi connectivity index (χ1) is 14.9. The second kappa shape index (κ2) is 8.38. The van der Waals surface area contributed by atoms with Crippen LogP contribution in [0.1, 0.15) is 24.5 Å². The molecule has 0 N–H and O–H groups in total. The van der Waals surface area contributed by atoms with Gasteiger partial charge in [-0.25, -0.2) is 8.78 Å². The fourth-order valence-electron chi connectivity index (χ4n) is 3.54. The molecule has 4 rings (SSSR count). The maximum atomic E-state index is 14.3. The quantitative estimate of drug-likeness (QED) is 0.423. The van der Waals surface area contributed by atoms with Gasteiger partial charge in [-0.05, 0) is 54.4 Å². The lowest BCUT2D eigenvalue weighted by molar-refractivity contribution is -0.151. The number of ether oxygens (including phenoxy) is 3. The lowest BCUT2D eigenvalue weighted by Crippen LogP contribution is -2.29. The third-order valence-electron chi connectivity index (χ3n) is 5.24. The Morgan fingerprint density at radius 1 is 0.903 bits per heavy atom. The van der Waals surface area contributed by atoms with Gasteiger partial charge in [-0.1, -0.05) is 42.5 Å². The number of hydrogen-bond acceptors (Lipinski definition) is 4. The van der Waals surface area contributed by atoms with Crippen LogP contribution in [-0.2, 0) is 21.6 Å². The Kier molecular flexibility index (Phi) is 5.63. The Hall–Kier alpha value is -3.41. The molecule has 0 saturated heterocycles. The van der Waals surface area contributed by atoms with Crippen molar-refractivity contribution in [3.05, 3.63) is 90.0 Å². The van der Waals surface area contributed by atoms with E-state index in [9.17, 15) is 13.6 Å². The molecule has 3 aromatic rings. The lowest BCUT2D eigenvalue weighted by Gasteiger charge is -2.17. The van der Waals surface area contributed by atoms with E-state index >= 15 is 0 Å². The molecular weight excluding hydrogens is 402 g/mol. The smallest absolute Gasteiger partial charge is 0.323 e. The van der Waals surface area contributed by atoms with E-state index in [2.05, 4.69) is 0 Å². The van der Waals surface area contributed by atoms with Gasteiger partial charge in [0, 0.05) is 6.42 Å². The van der Waals surface area contributed by atoms with E-state index in [4.69, 9.17) is 14.2 Å². The average molecular weight is 424 g/mol. The van der Waals surface area contributed by atoms with Gasteiger partial charge in [-0.15, -0.1) is 0 Å². The van der Waals surface area contributed by atoms with Gasteiger partial charge >= 0.3 is 5.97 Å². The second-order valence-corrected chi connectivity index (χ2v) is 7.38. The van der Waals surface area contributed by atoms with E-state index in [-0.39, 0.29) is 12.2 Å². The van der Waals surface area contributed by atoms with E-state index < -0.39 is 23.7 Å². The van der Waals surface area contributed by atoms with Gasteiger partial charge in [0.15, 0.2) is 5.41 Å². The maximum Gasteiger partial charge on any atom is 0.323 e. The normalized spacial score (nSPS) is 18.8. The Bertz CT molecular complexity index is 1050. The lowest BCUT2D eigenvalue weighted by atomic mass is 9.95. The molecule has 0 aromatic heterocycles. The highest BCUT2D eigenvalue weighted by molar-refractivity contribution is 5.89. The third-order valence-corrected chi connectivity index (χ3v) is 5.24. The molecule has 160 valence electrons. The first-order valence-electron chi connectivity index (χ1n) is 10.0. The standard InChI is InChI=1S/C25H22F2O4/c1-2-29-20-13-11-19(12-14-20)24(17-25(24,26)27)23(28)30-16-18-7-6-10-22(15-18)31-21-8-4-3-5-9-21/h3-15H,2,16-17H2,1H3. The topological polar surface area (TPSA) is 44.8 Å². The Morgan fingerprint density at radius 2 is 1.58 bits per heavy atom. The number of carbonyl (C=O) groups is 1. The molecule has 1 aliphatic carbocycles. The zero-order valence-electron chi connectivity index (χ0n) is 17.0. The predicted molar refractivity (Wildman–Crippen MR) is 112 cm³/mol. The summed E-state index contributed by atoms with van der Waals surface area (Å²) in [4.78, 5) is 12.7. The van der Waals surface area contributed by atoms with E-state index in [1.165, 1.54) is 12.1 Å². The van der Waals surface area contributed by atoms with Crippen molar-refractivity contribution >= 4 is 5.97 Å². The van der Waals surface area contributed by atoms with Gasteiger partial charge in [0.2, 0.25) is 0 Å². The minimum Gasteiger partial charge on any atom is -0.494 e. The van der Waals surface area contributed by atoms with Crippen molar-refractivity contribution in [2.45, 2.75) is 31.3 Å². The summed E-state index contributed by atoms with van der Waals surface area (Å²) in [5, 5.41) is 0. The van der Waals surface area contributed by atoms with Crippen LogP contribution < -0.4 is 9.47 Å². The zero-order valence-corrected chi connectivity index (χ0v) is 17.0. The molecule has 1 unspecified atom stereocenters. The molecule has 1 aliphatic rings. The fourth-order valence-corrected chi connectivity index (χ4v) is 3.54. The first-order valence-corrected chi connectivity index (χ1v) is 10.0. The summed E-state index contributed by atoms with van der Waals surface area (Å²) in [5.74, 6) is -2.28. The number of benzene rings is 3. The zero-order chi connectivity index (χ0) is 21.9. The van der Waals surface area contributed by atoms with Gasteiger partial charge in [-0.3, -0.25) is 4.79 Å². The number of para-hydroxylation sites is 1. The number of esters is 1. The van der Waals surface area contributed by atoms with Crippen molar-refractivity contribution in [1.29, 1.82) is 0 Å². The molecule has 1 atom stereocenters. The SMILES string of the molecule is CCOc1ccc(C2(C(=O)OCc3cccc(Oc4ccccc4)c3)CC2(F)F)cc1. The summed E-state index contributed by atoms with van der Waals surface area (Å²) in [6, 6.07) is 22.4. The highest BCUT2D eigenvalue weighted by Crippen LogP contribution is 2.62. The van der Waals surface area contributed by atoms with Crippen LogP contribution in [-0.4, -0.2) is 18.5 Å². The van der Waals surface area contributed by atoms with Crippen LogP contribution in [0.3, 0.4) is 0 Å². The van der Waals surface area contributed by atoms with Crippen molar-refractivity contribution in [2.24, 2.45) is 0 Å². The first kappa shape index (κ1) is 20.8. The monoisotopic (exact) mass is 424 g/mol. The summed E-state index contributed by atoms with van der Waals surface area (Å²) >= 11 is 0. The number of halogens is 2. The Balaban J connectivity index is 1.45. The number of alkyl halides is 2. The van der Waals surface area contributed by atoms with Crippen LogP contribution in [0, 0.1) is 0 Å². The highest BCUT2D eigenvalue weighted by Gasteiger charge is 2.77. The molecule has 1 saturated carbocycles. The van der Waals surface area contributed by atoms with Crippen LogP contribution in [0.5, 0.6) is 17.2 Å². The van der Waals surface area contributed by atoms with Gasteiger partial charge in [0.25, 0.3) is 5.92 Å². The van der Waals surface area contributed by atoms with Crippen LogP contribution in [0.25, 0.3) is 0 Å². The van der Waals surface area contributed by atoms with Crippen molar-refractivity contribution in [3.63, 3.8) is 0 Å². The van der Waals surface area contributed by atoms with Crippen molar-refractivity contribution in [3.8, 4) is 17.2 Å². The molecule has 0 bridgehead atoms. The summed E-state index contributed by atoms with van der Waals surface area (Å²) in [7, 11) is 0. The van der Waals surface area contributed by atoms with E-state index in [0.717, 1.165) is 0 Å². The van der Waals surface area contributed by atoms with Gasteiger partial charge in [-0.2, -0.15) is 0 Å². The molecule has 6 heteroatoms. The van der Waals surface area contributed by atoms with E-state index in [1.54, 1.807) is 36.4 Å². The van der Waals surface area contributed by atoms with Crippen LogP contribution in [0.2, 0.25) is 0 Å². The van der Waals surface area contributed by atoms with Crippen LogP contribution in [0.4, 0.5) is 8.78 Å². The minimum absolute atomic E-state index is 0.125. The molecule has 31 heavy (non-hydrogen) atoms. The molecule has 0 heterocycles. The van der Waals surface area contributed by atoms with Gasteiger partial charge in [0.1, 0.15) is 23.9 Å². The van der Waals surface area contributed by atoms with Crippen LogP contribution in [0.15, 0.2) is 78.9 Å². The number of rotatable bonds is 8. The average Bonchev–Trinajstić information content (AvgIpc) is 3.37. The molecule has 0 amide bonds. The number of hydrogen-bond donors (Lipinski definition) is 0. The van der Waals surface area contributed by atoms with Gasteiger partial charge < -0.3 is 14.2 Å². The fraction of sp³-hybridized carbons (Fsp3) is 0.240. The summed E-state index contributed by atoms with van der Waals surface area (Å²) in [6.45, 7) is 2.18. The Labute approximate surface area is 179 Å². The third kappa shape index (κ3) is 4.24. The second-order valence-electron chi connectivity index (χ2n) is 7.38. The maximum absolute atomic E-state index is 14.3. The van der Waals surface area contributed by atoms with E-state index in [1.807, 2.05) is 37.3 Å². The van der Waals surface area contributed by atoms with Crippen molar-refractivity contribution < 1.29 is 27.8 Å². The molecule has 0 aliphatic heterocycles.